The zero-order chi connectivity index (χ0) is 20.8. The van der Waals surface area contributed by atoms with E-state index in [-0.39, 0.29) is 24.2 Å². The molecule has 1 unspecified atom stereocenters. The number of hydrogen-bond acceptors (Lipinski definition) is 6. The lowest BCUT2D eigenvalue weighted by atomic mass is 10.0. The fraction of sp³-hybridized carbons (Fsp3) is 0.150. The summed E-state index contributed by atoms with van der Waals surface area (Å²) >= 11 is 1.52. The number of amides is 2. The average molecular weight is 408 g/mol. The third-order valence-electron chi connectivity index (χ3n) is 4.29. The van der Waals surface area contributed by atoms with Gasteiger partial charge < -0.3 is 10.6 Å². The number of hydrogen-bond donors (Lipinski definition) is 2. The Kier molecular flexibility index (Phi) is 6.16. The number of para-hydroxylation sites is 1. The van der Waals surface area contributed by atoms with Crippen LogP contribution in [0.15, 0.2) is 53.9 Å². The highest BCUT2D eigenvalue weighted by molar-refractivity contribution is 7.17. The van der Waals surface area contributed by atoms with Crippen LogP contribution in [-0.2, 0) is 11.2 Å². The summed E-state index contributed by atoms with van der Waals surface area (Å²) in [4.78, 5) is 35.8. The Bertz CT molecular complexity index is 1120. The van der Waals surface area contributed by atoms with Gasteiger partial charge in [0.15, 0.2) is 0 Å². The van der Waals surface area contributed by atoms with E-state index >= 15 is 0 Å². The van der Waals surface area contributed by atoms with Gasteiger partial charge >= 0.3 is 0 Å². The molecule has 0 spiro atoms. The Balaban J connectivity index is 1.88. The summed E-state index contributed by atoms with van der Waals surface area (Å²) in [5, 5.41) is 27.8. The number of carbonyl (C=O) groups excluding carboxylic acids is 2. The molecule has 1 aromatic heterocycles. The van der Waals surface area contributed by atoms with Gasteiger partial charge in [0.2, 0.25) is 5.91 Å². The third-order valence-corrected chi connectivity index (χ3v) is 5.31. The van der Waals surface area contributed by atoms with Crippen LogP contribution >= 0.6 is 11.3 Å². The molecule has 9 heteroatoms. The minimum Gasteiger partial charge on any atom is -0.341 e. The lowest BCUT2D eigenvalue weighted by molar-refractivity contribution is -0.385. The number of rotatable bonds is 7. The largest absolute Gasteiger partial charge is 0.341 e. The van der Waals surface area contributed by atoms with E-state index in [1.165, 1.54) is 35.6 Å². The molecule has 0 bridgehead atoms. The number of benzene rings is 2. The van der Waals surface area contributed by atoms with E-state index in [0.29, 0.717) is 0 Å². The molecule has 0 radical (unpaired) electrons. The van der Waals surface area contributed by atoms with Gasteiger partial charge in [0.1, 0.15) is 18.2 Å². The van der Waals surface area contributed by atoms with Gasteiger partial charge in [0.05, 0.1) is 11.0 Å². The predicted octanol–water partition coefficient (Wildman–Crippen LogP) is 2.79. The number of fused-ring (bicyclic) bond motifs is 1. The first-order valence-electron chi connectivity index (χ1n) is 8.65. The second-order valence-electron chi connectivity index (χ2n) is 6.14. The second kappa shape index (κ2) is 8.95. The van der Waals surface area contributed by atoms with Gasteiger partial charge in [-0.25, -0.2) is 0 Å². The van der Waals surface area contributed by atoms with Crippen molar-refractivity contribution in [3.8, 4) is 6.07 Å². The first kappa shape index (κ1) is 20.0. The molecule has 0 fully saturated rings. The Morgan fingerprint density at radius 3 is 2.66 bits per heavy atom. The van der Waals surface area contributed by atoms with Gasteiger partial charge in [0.25, 0.3) is 11.6 Å². The maximum atomic E-state index is 12.7. The molecular formula is C20H16N4O4S. The van der Waals surface area contributed by atoms with Crippen molar-refractivity contribution >= 4 is 38.9 Å². The van der Waals surface area contributed by atoms with Gasteiger partial charge in [-0.1, -0.05) is 30.3 Å². The third kappa shape index (κ3) is 4.56. The molecule has 0 aliphatic rings. The van der Waals surface area contributed by atoms with E-state index in [9.17, 15) is 19.7 Å². The average Bonchev–Trinajstić information content (AvgIpc) is 3.14. The van der Waals surface area contributed by atoms with Gasteiger partial charge in [0, 0.05) is 17.2 Å². The Morgan fingerprint density at radius 2 is 1.90 bits per heavy atom. The number of carbonyl (C=O) groups is 2. The van der Waals surface area contributed by atoms with Crippen molar-refractivity contribution in [2.75, 3.05) is 6.54 Å². The quantitative estimate of drug-likeness (QED) is 0.353. The second-order valence-corrected chi connectivity index (χ2v) is 7.05. The van der Waals surface area contributed by atoms with Crippen LogP contribution in [0, 0.1) is 21.4 Å². The number of nitrogens with one attached hydrogen (secondary N) is 2. The van der Waals surface area contributed by atoms with E-state index in [2.05, 4.69) is 10.6 Å². The Morgan fingerprint density at radius 1 is 1.17 bits per heavy atom. The number of nitriles is 1. The van der Waals surface area contributed by atoms with Crippen molar-refractivity contribution in [2.24, 2.45) is 0 Å². The van der Waals surface area contributed by atoms with Crippen molar-refractivity contribution in [3.05, 3.63) is 75.2 Å². The molecule has 0 aliphatic carbocycles. The summed E-state index contributed by atoms with van der Waals surface area (Å²) in [5.74, 6) is -1.26. The lowest BCUT2D eigenvalue weighted by Crippen LogP contribution is -2.48. The Labute approximate surface area is 169 Å². The maximum Gasteiger partial charge on any atom is 0.282 e. The summed E-state index contributed by atoms with van der Waals surface area (Å²) in [7, 11) is 0. The molecule has 3 aromatic rings. The molecule has 0 saturated heterocycles. The molecule has 1 atom stereocenters. The summed E-state index contributed by atoms with van der Waals surface area (Å²) < 4.78 is 1.05. The highest BCUT2D eigenvalue weighted by Gasteiger charge is 2.26. The van der Waals surface area contributed by atoms with Gasteiger partial charge in [-0.15, -0.1) is 11.3 Å². The van der Waals surface area contributed by atoms with Crippen LogP contribution in [0.2, 0.25) is 0 Å². The fourth-order valence-electron chi connectivity index (χ4n) is 2.93. The van der Waals surface area contributed by atoms with Crippen LogP contribution in [0.3, 0.4) is 0 Å². The van der Waals surface area contributed by atoms with Crippen LogP contribution in [0.1, 0.15) is 15.9 Å². The van der Waals surface area contributed by atoms with Crippen LogP contribution in [0.4, 0.5) is 5.69 Å². The number of nitrogens with zero attached hydrogens (tertiary/aromatic N) is 2. The van der Waals surface area contributed by atoms with Gasteiger partial charge in [-0.05, 0) is 28.5 Å². The zero-order valence-electron chi connectivity index (χ0n) is 15.1. The number of thiophene rings is 1. The molecule has 29 heavy (non-hydrogen) atoms. The molecule has 2 aromatic carbocycles. The van der Waals surface area contributed by atoms with Crippen molar-refractivity contribution in [1.29, 1.82) is 5.26 Å². The van der Waals surface area contributed by atoms with Crippen LogP contribution < -0.4 is 10.6 Å². The fourth-order valence-corrected chi connectivity index (χ4v) is 3.91. The van der Waals surface area contributed by atoms with Crippen molar-refractivity contribution in [3.63, 3.8) is 0 Å². The normalized spacial score (nSPS) is 11.4. The summed E-state index contributed by atoms with van der Waals surface area (Å²) in [6.07, 6.45) is 0.188. The minimum atomic E-state index is -0.992. The standard InChI is InChI=1S/C20H16N4O4S/c21-9-10-22-20(26)16(11-13-12-29-18-8-4-2-5-14(13)18)23-19(25)15-6-1-3-7-17(15)24(27)28/h1-8,12,16H,10-11H2,(H,22,26)(H,23,25). The molecule has 2 N–H and O–H groups in total. The zero-order valence-corrected chi connectivity index (χ0v) is 15.9. The predicted molar refractivity (Wildman–Crippen MR) is 109 cm³/mol. The van der Waals surface area contributed by atoms with E-state index in [1.54, 1.807) is 0 Å². The highest BCUT2D eigenvalue weighted by atomic mass is 32.1. The van der Waals surface area contributed by atoms with Crippen molar-refractivity contribution < 1.29 is 14.5 Å². The molecule has 146 valence electrons. The first-order valence-corrected chi connectivity index (χ1v) is 9.53. The van der Waals surface area contributed by atoms with Crippen LogP contribution in [0.25, 0.3) is 10.1 Å². The lowest BCUT2D eigenvalue weighted by Gasteiger charge is -2.17. The SMILES string of the molecule is N#CCNC(=O)C(Cc1csc2ccccc12)NC(=O)c1ccccc1[N+](=O)[O-]. The van der Waals surface area contributed by atoms with E-state index in [1.807, 2.05) is 35.7 Å². The van der Waals surface area contributed by atoms with Gasteiger partial charge in [-0.3, -0.25) is 19.7 Å². The van der Waals surface area contributed by atoms with E-state index < -0.39 is 22.8 Å². The number of nitro benzene ring substituents is 1. The minimum absolute atomic E-state index is 0.134. The molecule has 1 heterocycles. The van der Waals surface area contributed by atoms with Crippen molar-refractivity contribution in [2.45, 2.75) is 12.5 Å². The van der Waals surface area contributed by atoms with Crippen LogP contribution in [-0.4, -0.2) is 29.3 Å². The first-order chi connectivity index (χ1) is 14.0. The monoisotopic (exact) mass is 408 g/mol. The molecule has 3 rings (SSSR count). The maximum absolute atomic E-state index is 12.7. The molecular weight excluding hydrogens is 392 g/mol. The molecule has 8 nitrogen and oxygen atoms in total. The van der Waals surface area contributed by atoms with E-state index in [0.717, 1.165) is 15.6 Å². The summed E-state index contributed by atoms with van der Waals surface area (Å²) in [5.41, 5.74) is 0.387. The summed E-state index contributed by atoms with van der Waals surface area (Å²) in [6.45, 7) is -0.207. The molecule has 2 amide bonds. The van der Waals surface area contributed by atoms with E-state index in [4.69, 9.17) is 5.26 Å². The van der Waals surface area contributed by atoms with Crippen molar-refractivity contribution in [1.82, 2.24) is 10.6 Å². The molecule has 0 saturated carbocycles. The number of nitro groups is 1. The van der Waals surface area contributed by atoms with Gasteiger partial charge in [-0.2, -0.15) is 5.26 Å². The highest BCUT2D eigenvalue weighted by Crippen LogP contribution is 2.27. The Hall–Kier alpha value is -3.77. The smallest absolute Gasteiger partial charge is 0.282 e. The topological polar surface area (TPSA) is 125 Å². The summed E-state index contributed by atoms with van der Waals surface area (Å²) in [6, 6.07) is 14.0. The van der Waals surface area contributed by atoms with Crippen LogP contribution in [0.5, 0.6) is 0 Å². The molecule has 0 aliphatic heterocycles.